The molecular formula is C43H44N2O9S. The van der Waals surface area contributed by atoms with Gasteiger partial charge in [0.1, 0.15) is 29.6 Å². The molecule has 7 rings (SSSR count). The number of aromatic hydroxyl groups is 1. The summed E-state index contributed by atoms with van der Waals surface area (Å²) >= 11 is 1.59. The van der Waals surface area contributed by atoms with Gasteiger partial charge in [-0.25, -0.2) is 0 Å². The van der Waals surface area contributed by atoms with Crippen molar-refractivity contribution in [2.45, 2.75) is 38.8 Å². The van der Waals surface area contributed by atoms with Gasteiger partial charge in [-0.2, -0.15) is 0 Å². The van der Waals surface area contributed by atoms with Crippen LogP contribution in [0.2, 0.25) is 0 Å². The quantitative estimate of drug-likeness (QED) is 0.0681. The summed E-state index contributed by atoms with van der Waals surface area (Å²) in [5, 5.41) is 14.3. The fourth-order valence-electron chi connectivity index (χ4n) is 6.76. The lowest BCUT2D eigenvalue weighted by Gasteiger charge is -2.29. The van der Waals surface area contributed by atoms with E-state index >= 15 is 0 Å². The summed E-state index contributed by atoms with van der Waals surface area (Å²) in [6.07, 6.45) is 0.636. The third-order valence-electron chi connectivity index (χ3n) is 9.60. The van der Waals surface area contributed by atoms with Gasteiger partial charge in [0, 0.05) is 46.4 Å². The number of carbonyl (C=O) groups is 3. The van der Waals surface area contributed by atoms with E-state index in [-0.39, 0.29) is 29.6 Å². The second kappa shape index (κ2) is 17.9. The van der Waals surface area contributed by atoms with Crippen LogP contribution in [0.3, 0.4) is 0 Å². The van der Waals surface area contributed by atoms with Crippen LogP contribution in [0.5, 0.6) is 23.0 Å². The van der Waals surface area contributed by atoms with Crippen molar-refractivity contribution in [2.75, 3.05) is 58.1 Å². The molecule has 1 aromatic heterocycles. The third kappa shape index (κ3) is 9.34. The first-order chi connectivity index (χ1) is 26.8. The highest BCUT2D eigenvalue weighted by Crippen LogP contribution is 2.47. The summed E-state index contributed by atoms with van der Waals surface area (Å²) in [7, 11) is 0. The molecule has 0 radical (unpaired) electrons. The van der Waals surface area contributed by atoms with Gasteiger partial charge in [0.05, 0.1) is 57.0 Å². The fourth-order valence-corrected chi connectivity index (χ4v) is 7.93. The highest BCUT2D eigenvalue weighted by Gasteiger charge is 2.39. The molecule has 2 N–H and O–H groups in total. The number of anilines is 1. The molecule has 1 atom stereocenters. The Kier molecular flexibility index (Phi) is 12.4. The molecule has 0 saturated heterocycles. The lowest BCUT2D eigenvalue weighted by atomic mass is 9.92. The van der Waals surface area contributed by atoms with Crippen LogP contribution in [0.15, 0.2) is 84.9 Å². The highest BCUT2D eigenvalue weighted by molar-refractivity contribution is 7.22. The summed E-state index contributed by atoms with van der Waals surface area (Å²) in [6.45, 7) is 5.98. The number of ether oxygens (including phenoxy) is 5. The SMILES string of the molecule is Cc1ccc(-c2sc3cc(O)ccc3c2Oc2ccc(OCCOCCOCCOCCNc3cccc4c3CN(C3CCC(=O)CC3=O)C4=O)cc2)cc1. The first-order valence-corrected chi connectivity index (χ1v) is 19.3. The number of nitrogens with zero attached hydrogens (tertiary/aromatic N) is 1. The van der Waals surface area contributed by atoms with Gasteiger partial charge in [0.2, 0.25) is 0 Å². The summed E-state index contributed by atoms with van der Waals surface area (Å²) in [6, 6.07) is 26.1. The van der Waals surface area contributed by atoms with Gasteiger partial charge in [-0.05, 0) is 73.5 Å². The molecule has 0 spiro atoms. The molecular weight excluding hydrogens is 721 g/mol. The van der Waals surface area contributed by atoms with E-state index in [2.05, 4.69) is 36.5 Å². The minimum atomic E-state index is -0.532. The molecule has 1 aliphatic heterocycles. The summed E-state index contributed by atoms with van der Waals surface area (Å²) in [5.74, 6) is 1.98. The van der Waals surface area contributed by atoms with Crippen molar-refractivity contribution in [3.63, 3.8) is 0 Å². The van der Waals surface area contributed by atoms with Crippen LogP contribution in [0.25, 0.3) is 20.5 Å². The van der Waals surface area contributed by atoms with E-state index in [0.717, 1.165) is 37.5 Å². The minimum Gasteiger partial charge on any atom is -0.508 e. The fraction of sp³-hybridized carbons (Fsp3) is 0.326. The number of fused-ring (bicyclic) bond motifs is 2. The predicted molar refractivity (Wildman–Crippen MR) is 211 cm³/mol. The number of aryl methyl sites for hydroxylation is 1. The van der Waals surface area contributed by atoms with Gasteiger partial charge < -0.3 is 39.0 Å². The Morgan fingerprint density at radius 2 is 1.53 bits per heavy atom. The number of ketones is 2. The molecule has 5 aromatic rings. The minimum absolute atomic E-state index is 0.0547. The van der Waals surface area contributed by atoms with Crippen LogP contribution >= 0.6 is 11.3 Å². The van der Waals surface area contributed by atoms with E-state index in [1.165, 1.54) is 5.56 Å². The second-order valence-electron chi connectivity index (χ2n) is 13.5. The third-order valence-corrected chi connectivity index (χ3v) is 10.8. The van der Waals surface area contributed by atoms with Crippen molar-refractivity contribution < 1.29 is 43.2 Å². The Morgan fingerprint density at radius 1 is 0.818 bits per heavy atom. The monoisotopic (exact) mass is 764 g/mol. The number of Topliss-reactive ketones (excluding diaryl/α,β-unsaturated/α-hetero) is 2. The first-order valence-electron chi connectivity index (χ1n) is 18.5. The normalized spacial score (nSPS) is 15.5. The van der Waals surface area contributed by atoms with Gasteiger partial charge in [0.15, 0.2) is 11.5 Å². The topological polar surface area (TPSA) is 133 Å². The molecule has 1 unspecified atom stereocenters. The zero-order valence-corrected chi connectivity index (χ0v) is 31.5. The van der Waals surface area contributed by atoms with Crippen molar-refractivity contribution >= 4 is 44.6 Å². The Hall–Kier alpha value is -5.27. The molecule has 1 aliphatic carbocycles. The van der Waals surface area contributed by atoms with Crippen LogP contribution < -0.4 is 14.8 Å². The number of hydrogen-bond donors (Lipinski definition) is 2. The van der Waals surface area contributed by atoms with Gasteiger partial charge in [-0.15, -0.1) is 11.3 Å². The van der Waals surface area contributed by atoms with Crippen molar-refractivity contribution in [1.29, 1.82) is 0 Å². The van der Waals surface area contributed by atoms with E-state index in [9.17, 15) is 19.5 Å². The highest BCUT2D eigenvalue weighted by atomic mass is 32.1. The van der Waals surface area contributed by atoms with Crippen LogP contribution in [0.4, 0.5) is 5.69 Å². The maximum absolute atomic E-state index is 13.0. The first kappa shape index (κ1) is 38.0. The summed E-state index contributed by atoms with van der Waals surface area (Å²) < 4.78 is 30.2. The number of amides is 1. The zero-order chi connectivity index (χ0) is 38.1. The molecule has 12 heteroatoms. The molecule has 286 valence electrons. The van der Waals surface area contributed by atoms with Crippen LogP contribution in [-0.4, -0.2) is 86.3 Å². The largest absolute Gasteiger partial charge is 0.508 e. The van der Waals surface area contributed by atoms with E-state index in [4.69, 9.17) is 23.7 Å². The molecule has 11 nitrogen and oxygen atoms in total. The lowest BCUT2D eigenvalue weighted by Crippen LogP contribution is -2.44. The van der Waals surface area contributed by atoms with Crippen LogP contribution in [-0.2, 0) is 30.3 Å². The van der Waals surface area contributed by atoms with Gasteiger partial charge >= 0.3 is 0 Å². The smallest absolute Gasteiger partial charge is 0.255 e. The number of carbonyl (C=O) groups excluding carboxylic acids is 3. The van der Waals surface area contributed by atoms with Gasteiger partial charge in [-0.3, -0.25) is 14.4 Å². The maximum atomic E-state index is 13.0. The van der Waals surface area contributed by atoms with E-state index < -0.39 is 6.04 Å². The second-order valence-corrected chi connectivity index (χ2v) is 14.5. The Morgan fingerprint density at radius 3 is 2.27 bits per heavy atom. The Labute approximate surface area is 323 Å². The molecule has 2 heterocycles. The lowest BCUT2D eigenvalue weighted by molar-refractivity contribution is -0.133. The molecule has 4 aromatic carbocycles. The number of rotatable bonds is 18. The molecule has 2 aliphatic rings. The molecule has 1 saturated carbocycles. The number of nitrogens with one attached hydrogen (secondary N) is 1. The summed E-state index contributed by atoms with van der Waals surface area (Å²) in [5.41, 5.74) is 4.55. The van der Waals surface area contributed by atoms with E-state index in [1.54, 1.807) is 34.4 Å². The standard InChI is InChI=1S/C43H44N2O9S/c1-28-5-7-29(8-6-28)42-41(35-15-9-31(47)26-40(35)55-42)54-33-13-11-32(12-14-33)53-24-23-52-22-21-51-20-19-50-18-17-44-37-4-2-3-34-36(37)27-45(43(34)49)38-16-10-30(46)25-39(38)48/h2-9,11-15,26,38,44,47H,10,16-25,27H2,1H3. The van der Waals surface area contributed by atoms with E-state index in [1.807, 2.05) is 42.5 Å². The van der Waals surface area contributed by atoms with Crippen molar-refractivity contribution in [3.05, 3.63) is 102 Å². The number of phenolic OH excluding ortho intramolecular Hbond substituents is 1. The average molecular weight is 765 g/mol. The van der Waals surface area contributed by atoms with Gasteiger partial charge in [0.25, 0.3) is 5.91 Å². The average Bonchev–Trinajstić information content (AvgIpc) is 3.71. The zero-order valence-electron chi connectivity index (χ0n) is 30.7. The molecule has 0 bridgehead atoms. The number of phenols is 1. The maximum Gasteiger partial charge on any atom is 0.255 e. The summed E-state index contributed by atoms with van der Waals surface area (Å²) in [4.78, 5) is 39.8. The Bertz CT molecular complexity index is 2130. The molecule has 1 amide bonds. The molecule has 55 heavy (non-hydrogen) atoms. The predicted octanol–water partition coefficient (Wildman–Crippen LogP) is 7.56. The van der Waals surface area contributed by atoms with Crippen molar-refractivity contribution in [3.8, 4) is 33.4 Å². The van der Waals surface area contributed by atoms with Crippen molar-refractivity contribution in [2.24, 2.45) is 0 Å². The van der Waals surface area contributed by atoms with Gasteiger partial charge in [-0.1, -0.05) is 35.9 Å². The Balaban J connectivity index is 0.755. The van der Waals surface area contributed by atoms with Crippen LogP contribution in [0, 0.1) is 6.92 Å². The van der Waals surface area contributed by atoms with Crippen molar-refractivity contribution in [1.82, 2.24) is 4.90 Å². The van der Waals surface area contributed by atoms with Crippen LogP contribution in [0.1, 0.15) is 40.7 Å². The van der Waals surface area contributed by atoms with E-state index in [0.29, 0.717) is 89.2 Å². The number of thiophene rings is 1. The molecule has 1 fully saturated rings. The number of benzene rings is 4. The number of hydrogen-bond acceptors (Lipinski definition) is 11.